The second-order valence-corrected chi connectivity index (χ2v) is 37.5. The third-order valence-electron chi connectivity index (χ3n) is 30.4. The van der Waals surface area contributed by atoms with E-state index in [0.717, 1.165) is 115 Å². The van der Waals surface area contributed by atoms with Gasteiger partial charge in [0.2, 0.25) is 0 Å². The Kier molecular flexibility index (Phi) is 35.6. The van der Waals surface area contributed by atoms with Crippen LogP contribution in [0.1, 0.15) is 353 Å². The molecule has 15 nitrogen and oxygen atoms in total. The van der Waals surface area contributed by atoms with Gasteiger partial charge >= 0.3 is 0 Å². The number of ether oxygens (including phenoxy) is 7. The first-order chi connectivity index (χ1) is 50.6. The molecule has 0 atom stereocenters. The molecular weight excluding hydrogens is 1280 g/mol. The predicted octanol–water partition coefficient (Wildman–Crippen LogP) is 17.0. The molecule has 0 aromatic carbocycles. The van der Waals surface area contributed by atoms with Gasteiger partial charge in [0.25, 0.3) is 0 Å². The first kappa shape index (κ1) is 83.3. The van der Waals surface area contributed by atoms with E-state index in [4.69, 9.17) is 33.2 Å². The van der Waals surface area contributed by atoms with Crippen LogP contribution in [0, 0.1) is 27.1 Å². The maximum atomic E-state index is 5.87. The van der Waals surface area contributed by atoms with Gasteiger partial charge in [-0.1, -0.05) is 103 Å². The lowest BCUT2D eigenvalue weighted by atomic mass is 9.68. The Morgan fingerprint density at radius 2 is 0.456 bits per heavy atom. The summed E-state index contributed by atoms with van der Waals surface area (Å²) in [4.78, 5) is 0. The number of hydrogen-bond acceptors (Lipinski definition) is 15. The molecule has 598 valence electrons. The summed E-state index contributed by atoms with van der Waals surface area (Å²) >= 11 is 0. The van der Waals surface area contributed by atoms with Gasteiger partial charge in [0, 0.05) is 72.2 Å². The Morgan fingerprint density at radius 3 is 0.854 bits per heavy atom. The van der Waals surface area contributed by atoms with Gasteiger partial charge in [0.05, 0.1) is 42.2 Å². The summed E-state index contributed by atoms with van der Waals surface area (Å²) in [5.41, 5.74) is 5.07. The number of hydrogen-bond donors (Lipinski definition) is 8. The minimum absolute atomic E-state index is 0.111. The second-order valence-electron chi connectivity index (χ2n) is 37.5. The maximum absolute atomic E-state index is 5.87. The van der Waals surface area contributed by atoms with Crippen LogP contribution in [0.15, 0.2) is 0 Å². The van der Waals surface area contributed by atoms with Crippen molar-refractivity contribution in [3.05, 3.63) is 0 Å². The smallest absolute Gasteiger partial charge is 0.168 e. The molecule has 0 amide bonds. The molecule has 20 fully saturated rings. The van der Waals surface area contributed by atoms with Gasteiger partial charge in [-0.25, -0.2) is 0 Å². The molecule has 8 N–H and O–H groups in total. The third-order valence-corrected chi connectivity index (χ3v) is 30.4. The zero-order valence-corrected chi connectivity index (χ0v) is 67.0. The average molecular weight is 1450 g/mol. The lowest BCUT2D eigenvalue weighted by Gasteiger charge is -2.40. The second kappa shape index (κ2) is 44.0. The van der Waals surface area contributed by atoms with Crippen LogP contribution in [0.2, 0.25) is 0 Å². The van der Waals surface area contributed by atoms with Crippen molar-refractivity contribution < 1.29 is 33.2 Å². The summed E-state index contributed by atoms with van der Waals surface area (Å²) in [7, 11) is 0. The summed E-state index contributed by atoms with van der Waals surface area (Å²) in [6.07, 6.45) is 76.5. The van der Waals surface area contributed by atoms with Crippen LogP contribution in [0.25, 0.3) is 0 Å². The number of nitrogens with one attached hydrogen (secondary N) is 8. The van der Waals surface area contributed by atoms with E-state index in [-0.39, 0.29) is 11.4 Å². The number of piperidine rings is 5. The summed E-state index contributed by atoms with van der Waals surface area (Å²) in [6, 6.07) is 0. The van der Waals surface area contributed by atoms with Crippen molar-refractivity contribution in [2.45, 2.75) is 381 Å². The van der Waals surface area contributed by atoms with Gasteiger partial charge in [-0.3, -0.25) is 0 Å². The molecular formula is C88H164N8O7. The van der Waals surface area contributed by atoms with Crippen LogP contribution < -0.4 is 42.5 Å². The third kappa shape index (κ3) is 27.1. The number of rotatable bonds is 0. The fourth-order valence-electron chi connectivity index (χ4n) is 23.3. The van der Waals surface area contributed by atoms with E-state index in [2.05, 4.69) is 42.5 Å². The van der Waals surface area contributed by atoms with Gasteiger partial charge in [-0.2, -0.15) is 0 Å². The first-order valence-corrected chi connectivity index (χ1v) is 45.7. The van der Waals surface area contributed by atoms with Crippen LogP contribution in [0.4, 0.5) is 0 Å². The molecule has 103 heavy (non-hydrogen) atoms. The molecule has 8 saturated carbocycles. The zero-order chi connectivity index (χ0) is 70.8. The van der Waals surface area contributed by atoms with Crippen LogP contribution in [0.5, 0.6) is 0 Å². The molecule has 12 aliphatic heterocycles. The van der Waals surface area contributed by atoms with Crippen molar-refractivity contribution in [2.75, 3.05) is 151 Å². The lowest BCUT2D eigenvalue weighted by Crippen LogP contribution is -2.47. The average Bonchev–Trinajstić information content (AvgIpc) is 1.82. The van der Waals surface area contributed by atoms with E-state index in [1.54, 1.807) is 0 Å². The topological polar surface area (TPSA) is 161 Å². The van der Waals surface area contributed by atoms with Crippen molar-refractivity contribution in [3.63, 3.8) is 0 Å². The first-order valence-electron chi connectivity index (χ1n) is 45.7. The molecule has 0 aromatic heterocycles. The predicted molar refractivity (Wildman–Crippen MR) is 424 cm³/mol. The fraction of sp³-hybridized carbons (Fsp3) is 1.00. The standard InChI is InChI=1S/2C10H19N.C9H18N2.2C9H17NO.C9H17N.C9H16O.C8H15NO.C8H14O.C7H12O2/c2*1-2-4-10(5-3-1)6-8-11-9-7-10;1-2-4-9(3-1)5-6-10-8-11-7-9;1-5-10-6-2-9(1)3-7-11-8-4-9;1-2-8-11-9(3-1)4-6-10-7-5-9;1-2-4-9(3-1)5-7-10-8-6-9;1-2-6-9(5-1)7-3-4-8-10-9;1-2-4-8(3-1)7-9-5-6-10-8;1-2-5-8(4-1)6-3-7-9-8;1-2-4-7(3-1)8-5-6-9-7/h2*11H,1-9H2;10-11H,1-8H2;2*10H,1-8H2;10H,1-8H2;1-8H2;9H,1-7H2;1-7H2;1-6H2. The number of morpholine rings is 1. The highest BCUT2D eigenvalue weighted by Gasteiger charge is 2.43. The fourth-order valence-corrected chi connectivity index (χ4v) is 23.3. The summed E-state index contributed by atoms with van der Waals surface area (Å²) in [6.45, 7) is 25.6. The largest absolute Gasteiger partial charge is 0.381 e. The Labute approximate surface area is 632 Å². The van der Waals surface area contributed by atoms with Crippen LogP contribution in [0.3, 0.4) is 0 Å². The molecule has 10 spiro atoms. The minimum Gasteiger partial charge on any atom is -0.381 e. The Bertz CT molecular complexity index is 1810. The zero-order valence-electron chi connectivity index (χ0n) is 67.0. The molecule has 8 aliphatic carbocycles. The van der Waals surface area contributed by atoms with Crippen molar-refractivity contribution in [2.24, 2.45) is 27.1 Å². The van der Waals surface area contributed by atoms with E-state index in [0.29, 0.717) is 27.6 Å². The van der Waals surface area contributed by atoms with Gasteiger partial charge in [-0.05, 0) is 337 Å². The van der Waals surface area contributed by atoms with Crippen LogP contribution in [-0.4, -0.2) is 179 Å². The molecule has 0 radical (unpaired) electrons. The molecule has 0 aromatic rings. The van der Waals surface area contributed by atoms with Crippen LogP contribution >= 0.6 is 0 Å². The summed E-state index contributed by atoms with van der Waals surface area (Å²) < 4.78 is 39.5. The molecule has 12 heterocycles. The van der Waals surface area contributed by atoms with Crippen molar-refractivity contribution in [1.82, 2.24) is 42.5 Å². The molecule has 15 heteroatoms. The molecule has 20 aliphatic rings. The SMILES string of the molecule is C1CC2(CCN1)CCOCC2.C1CCC2(C1)CCCO2.C1CCC2(C1)CCNCC2.C1CCC2(C1)CCNCNC2.C1CCC2(C1)CNCCO2.C1CCC2(C1)OCCO2.C1CCC2(CC1)CCNCC2.C1CCC2(CC1)CCNCC2.C1CCC2(CCCC2)OC1.C1CCC2(CCNCC2)OC1. The summed E-state index contributed by atoms with van der Waals surface area (Å²) in [5, 5.41) is 27.4. The monoisotopic (exact) mass is 1450 g/mol. The van der Waals surface area contributed by atoms with Crippen molar-refractivity contribution in [1.29, 1.82) is 0 Å². The molecule has 12 saturated heterocycles. The van der Waals surface area contributed by atoms with Crippen molar-refractivity contribution >= 4 is 0 Å². The Morgan fingerprint density at radius 1 is 0.155 bits per heavy atom. The maximum Gasteiger partial charge on any atom is 0.168 e. The Hall–Kier alpha value is -0.600. The molecule has 20 rings (SSSR count). The van der Waals surface area contributed by atoms with E-state index >= 15 is 0 Å². The van der Waals surface area contributed by atoms with Gasteiger partial charge in [0.1, 0.15) is 0 Å². The highest BCUT2D eigenvalue weighted by molar-refractivity contribution is 4.95. The van der Waals surface area contributed by atoms with Crippen molar-refractivity contribution in [3.8, 4) is 0 Å². The van der Waals surface area contributed by atoms with Gasteiger partial charge < -0.3 is 75.7 Å². The van der Waals surface area contributed by atoms with E-state index in [9.17, 15) is 0 Å². The van der Waals surface area contributed by atoms with Gasteiger partial charge in [0.15, 0.2) is 5.79 Å². The molecule has 0 bridgehead atoms. The van der Waals surface area contributed by atoms with Crippen LogP contribution in [-0.2, 0) is 33.2 Å². The lowest BCUT2D eigenvalue weighted by molar-refractivity contribution is -0.150. The molecule has 0 unspecified atom stereocenters. The van der Waals surface area contributed by atoms with E-state index < -0.39 is 0 Å². The highest BCUT2D eigenvalue weighted by atomic mass is 16.7. The normalized spacial score (nSPS) is 31.0. The van der Waals surface area contributed by atoms with E-state index in [1.807, 2.05) is 0 Å². The Balaban J connectivity index is 0.000000115. The van der Waals surface area contributed by atoms with Gasteiger partial charge in [-0.15, -0.1) is 0 Å². The highest BCUT2D eigenvalue weighted by Crippen LogP contribution is 2.48. The quantitative estimate of drug-likeness (QED) is 0.116. The minimum atomic E-state index is -0.111. The van der Waals surface area contributed by atoms with E-state index in [1.165, 1.54) is 406 Å². The summed E-state index contributed by atoms with van der Waals surface area (Å²) in [5.74, 6) is -0.111.